The van der Waals surface area contributed by atoms with Gasteiger partial charge in [-0.15, -0.1) is 0 Å². The highest BCUT2D eigenvalue weighted by molar-refractivity contribution is 7.89. The second kappa shape index (κ2) is 8.64. The molecule has 1 aliphatic heterocycles. The smallest absolute Gasteiger partial charge is 0.338 e. The fraction of sp³-hybridized carbons (Fsp3) is 0.556. The first kappa shape index (κ1) is 20.4. The van der Waals surface area contributed by atoms with E-state index in [0.717, 1.165) is 19.3 Å². The first-order chi connectivity index (χ1) is 12.2. The second-order valence-corrected chi connectivity index (χ2v) is 8.67. The van der Waals surface area contributed by atoms with E-state index in [9.17, 15) is 18.0 Å². The van der Waals surface area contributed by atoms with Crippen LogP contribution in [0.15, 0.2) is 29.2 Å². The standard InChI is InChI=1S/C18H26N2O5S/c1-13(2)19-17(21)12-25-18(22)15-7-9-16(10-8-15)26(23,24)20-11-5-4-6-14(20)3/h7-10,13-14H,4-6,11-12H2,1-3H3,(H,19,21)/t14-/m0/s1. The molecule has 1 aromatic carbocycles. The number of carbonyl (C=O) groups excluding carboxylic acids is 2. The normalized spacial score (nSPS) is 18.5. The molecule has 0 radical (unpaired) electrons. The van der Waals surface area contributed by atoms with E-state index in [-0.39, 0.29) is 35.1 Å². The zero-order valence-corrected chi connectivity index (χ0v) is 16.2. The molecule has 7 nitrogen and oxygen atoms in total. The van der Waals surface area contributed by atoms with Crippen LogP contribution in [0.5, 0.6) is 0 Å². The van der Waals surface area contributed by atoms with Crippen LogP contribution in [-0.4, -0.2) is 49.8 Å². The molecule has 1 aromatic rings. The number of esters is 1. The molecule has 1 N–H and O–H groups in total. The number of hydrogen-bond acceptors (Lipinski definition) is 5. The van der Waals surface area contributed by atoms with E-state index in [1.807, 2.05) is 20.8 Å². The lowest BCUT2D eigenvalue weighted by molar-refractivity contribution is -0.124. The number of piperidine rings is 1. The molecule has 1 aliphatic rings. The van der Waals surface area contributed by atoms with Gasteiger partial charge in [0.1, 0.15) is 0 Å². The Morgan fingerprint density at radius 2 is 1.88 bits per heavy atom. The zero-order valence-electron chi connectivity index (χ0n) is 15.4. The number of sulfonamides is 1. The molecule has 26 heavy (non-hydrogen) atoms. The van der Waals surface area contributed by atoms with E-state index < -0.39 is 16.0 Å². The molecule has 144 valence electrons. The fourth-order valence-electron chi connectivity index (χ4n) is 2.91. The van der Waals surface area contributed by atoms with E-state index in [1.165, 1.54) is 28.6 Å². The molecule has 1 heterocycles. The Hall–Kier alpha value is -1.93. The molecular formula is C18H26N2O5S. The number of ether oxygens (including phenoxy) is 1. The molecule has 0 aliphatic carbocycles. The van der Waals surface area contributed by atoms with Gasteiger partial charge in [-0.25, -0.2) is 13.2 Å². The lowest BCUT2D eigenvalue weighted by Gasteiger charge is -2.32. The van der Waals surface area contributed by atoms with Crippen molar-refractivity contribution < 1.29 is 22.7 Å². The molecule has 1 fully saturated rings. The largest absolute Gasteiger partial charge is 0.452 e. The minimum atomic E-state index is -3.58. The second-order valence-electron chi connectivity index (χ2n) is 6.78. The Morgan fingerprint density at radius 3 is 2.46 bits per heavy atom. The van der Waals surface area contributed by atoms with Crippen LogP contribution in [0.3, 0.4) is 0 Å². The quantitative estimate of drug-likeness (QED) is 0.759. The molecular weight excluding hydrogens is 356 g/mol. The van der Waals surface area contributed by atoms with Crippen LogP contribution in [-0.2, 0) is 19.6 Å². The van der Waals surface area contributed by atoms with Crippen molar-refractivity contribution in [2.75, 3.05) is 13.2 Å². The van der Waals surface area contributed by atoms with Crippen LogP contribution in [0, 0.1) is 0 Å². The molecule has 0 unspecified atom stereocenters. The molecule has 1 amide bonds. The highest BCUT2D eigenvalue weighted by atomic mass is 32.2. The molecule has 1 saturated heterocycles. The maximum absolute atomic E-state index is 12.8. The summed E-state index contributed by atoms with van der Waals surface area (Å²) in [5, 5.41) is 2.62. The predicted molar refractivity (Wildman–Crippen MR) is 97.2 cm³/mol. The summed E-state index contributed by atoms with van der Waals surface area (Å²) in [6.07, 6.45) is 2.73. The molecule has 2 rings (SSSR count). The molecule has 0 bridgehead atoms. The molecule has 1 atom stereocenters. The van der Waals surface area contributed by atoms with Crippen LogP contribution >= 0.6 is 0 Å². The number of nitrogens with one attached hydrogen (secondary N) is 1. The van der Waals surface area contributed by atoms with Crippen molar-refractivity contribution in [2.24, 2.45) is 0 Å². The Bertz CT molecular complexity index is 743. The van der Waals surface area contributed by atoms with Gasteiger partial charge in [-0.1, -0.05) is 6.42 Å². The minimum absolute atomic E-state index is 0.0298. The van der Waals surface area contributed by atoms with Gasteiger partial charge >= 0.3 is 5.97 Å². The summed E-state index contributed by atoms with van der Waals surface area (Å²) >= 11 is 0. The van der Waals surface area contributed by atoms with Gasteiger partial charge in [-0.05, 0) is 57.9 Å². The van der Waals surface area contributed by atoms with Crippen LogP contribution in [0.1, 0.15) is 50.4 Å². The van der Waals surface area contributed by atoms with Gasteiger partial charge in [-0.3, -0.25) is 4.79 Å². The third-order valence-electron chi connectivity index (χ3n) is 4.22. The van der Waals surface area contributed by atoms with Crippen molar-refractivity contribution in [2.45, 2.75) is 57.0 Å². The number of benzene rings is 1. The minimum Gasteiger partial charge on any atom is -0.452 e. The molecule has 0 saturated carbocycles. The third-order valence-corrected chi connectivity index (χ3v) is 6.25. The number of rotatable bonds is 6. The van der Waals surface area contributed by atoms with E-state index in [1.54, 1.807) is 0 Å². The Morgan fingerprint density at radius 1 is 1.23 bits per heavy atom. The van der Waals surface area contributed by atoms with Gasteiger partial charge in [0.2, 0.25) is 10.0 Å². The number of hydrogen-bond donors (Lipinski definition) is 1. The van der Waals surface area contributed by atoms with E-state index in [4.69, 9.17) is 4.74 Å². The van der Waals surface area contributed by atoms with Crippen molar-refractivity contribution in [3.8, 4) is 0 Å². The summed E-state index contributed by atoms with van der Waals surface area (Å²) in [5.41, 5.74) is 0.202. The van der Waals surface area contributed by atoms with Gasteiger partial charge in [0.25, 0.3) is 5.91 Å². The summed E-state index contributed by atoms with van der Waals surface area (Å²) in [4.78, 5) is 23.6. The van der Waals surface area contributed by atoms with E-state index >= 15 is 0 Å². The maximum Gasteiger partial charge on any atom is 0.338 e. The van der Waals surface area contributed by atoms with Crippen molar-refractivity contribution in [3.05, 3.63) is 29.8 Å². The van der Waals surface area contributed by atoms with Gasteiger partial charge in [0.05, 0.1) is 10.5 Å². The van der Waals surface area contributed by atoms with Gasteiger partial charge in [0, 0.05) is 18.6 Å². The molecule has 0 aromatic heterocycles. The van der Waals surface area contributed by atoms with Gasteiger partial charge in [0.15, 0.2) is 6.61 Å². The summed E-state index contributed by atoms with van der Waals surface area (Å²) in [6.45, 7) is 5.66. The number of carbonyl (C=O) groups is 2. The van der Waals surface area contributed by atoms with E-state index in [2.05, 4.69) is 5.32 Å². The van der Waals surface area contributed by atoms with Crippen LogP contribution in [0.25, 0.3) is 0 Å². The Balaban J connectivity index is 2.03. The summed E-state index contributed by atoms with van der Waals surface area (Å²) in [7, 11) is -3.58. The Labute approximate surface area is 154 Å². The molecule has 0 spiro atoms. The number of amides is 1. The highest BCUT2D eigenvalue weighted by Gasteiger charge is 2.30. The summed E-state index contributed by atoms with van der Waals surface area (Å²) in [5.74, 6) is -1.05. The van der Waals surface area contributed by atoms with E-state index in [0.29, 0.717) is 6.54 Å². The average molecular weight is 382 g/mol. The average Bonchev–Trinajstić information content (AvgIpc) is 2.59. The SMILES string of the molecule is CC(C)NC(=O)COC(=O)c1ccc(S(=O)(=O)N2CCCC[C@@H]2C)cc1. The first-order valence-electron chi connectivity index (χ1n) is 8.80. The van der Waals surface area contributed by atoms with Gasteiger partial charge < -0.3 is 10.1 Å². The highest BCUT2D eigenvalue weighted by Crippen LogP contribution is 2.25. The van der Waals surface area contributed by atoms with Crippen molar-refractivity contribution >= 4 is 21.9 Å². The van der Waals surface area contributed by atoms with Crippen molar-refractivity contribution in [1.82, 2.24) is 9.62 Å². The maximum atomic E-state index is 12.8. The monoisotopic (exact) mass is 382 g/mol. The van der Waals surface area contributed by atoms with Crippen LogP contribution in [0.2, 0.25) is 0 Å². The van der Waals surface area contributed by atoms with Gasteiger partial charge in [-0.2, -0.15) is 4.31 Å². The van der Waals surface area contributed by atoms with Crippen molar-refractivity contribution in [1.29, 1.82) is 0 Å². The first-order valence-corrected chi connectivity index (χ1v) is 10.2. The summed E-state index contributed by atoms with van der Waals surface area (Å²) in [6, 6.07) is 5.55. The Kier molecular flexibility index (Phi) is 6.77. The number of nitrogens with zero attached hydrogens (tertiary/aromatic N) is 1. The third kappa shape index (κ3) is 5.04. The lowest BCUT2D eigenvalue weighted by Crippen LogP contribution is -2.41. The van der Waals surface area contributed by atoms with Crippen LogP contribution < -0.4 is 5.32 Å². The predicted octanol–water partition coefficient (Wildman–Crippen LogP) is 1.93. The van der Waals surface area contributed by atoms with Crippen molar-refractivity contribution in [3.63, 3.8) is 0 Å². The van der Waals surface area contributed by atoms with Crippen LogP contribution in [0.4, 0.5) is 0 Å². The molecule has 8 heteroatoms. The zero-order chi connectivity index (χ0) is 19.3. The fourth-order valence-corrected chi connectivity index (χ4v) is 4.60. The topological polar surface area (TPSA) is 92.8 Å². The lowest BCUT2D eigenvalue weighted by atomic mass is 10.1. The summed E-state index contributed by atoms with van der Waals surface area (Å²) < 4.78 is 32.0.